The van der Waals surface area contributed by atoms with Gasteiger partial charge in [-0.05, 0) is 30.7 Å². The van der Waals surface area contributed by atoms with Crippen molar-refractivity contribution in [2.24, 2.45) is 5.92 Å². The van der Waals surface area contributed by atoms with Gasteiger partial charge < -0.3 is 10.6 Å². The summed E-state index contributed by atoms with van der Waals surface area (Å²) >= 11 is 0. The molecule has 0 bridgehead atoms. The quantitative estimate of drug-likeness (QED) is 0.654. The fraction of sp³-hybridized carbons (Fsp3) is 0.167. The van der Waals surface area contributed by atoms with Crippen LogP contribution in [0.4, 0.5) is 11.5 Å². The Morgan fingerprint density at radius 2 is 1.88 bits per heavy atom. The molecule has 3 aromatic rings. The van der Waals surface area contributed by atoms with Gasteiger partial charge in [0.05, 0.1) is 11.9 Å². The zero-order chi connectivity index (χ0) is 17.9. The lowest BCUT2D eigenvalue weighted by molar-refractivity contribution is -0.117. The predicted octanol–water partition coefficient (Wildman–Crippen LogP) is 2.19. The number of rotatable bonds is 5. The van der Waals surface area contributed by atoms with Gasteiger partial charge in [-0.25, -0.2) is 9.97 Å². The minimum absolute atomic E-state index is 0.0747. The zero-order valence-corrected chi connectivity index (χ0v) is 13.7. The Labute approximate surface area is 149 Å². The number of nitrogens with one attached hydrogen (secondary N) is 3. The van der Waals surface area contributed by atoms with E-state index < -0.39 is 0 Å². The third kappa shape index (κ3) is 3.44. The maximum absolute atomic E-state index is 12.3. The first-order valence-electron chi connectivity index (χ1n) is 8.19. The third-order valence-electron chi connectivity index (χ3n) is 4.22. The molecule has 0 unspecified atom stereocenters. The van der Waals surface area contributed by atoms with E-state index in [1.165, 1.54) is 12.5 Å². The van der Waals surface area contributed by atoms with E-state index >= 15 is 0 Å². The molecular formula is C18H16N6O2. The standard InChI is InChI=1S/C18H16N6O2/c25-17(11-4-2-1-3-5-11)23-15-7-6-12(9-19-15)22-18(26)14-8-13(14)16-20-10-21-24-16/h1-7,9-10,13-14H,8H2,(H,22,26)(H,19,23,25)(H,20,21,24)/t13-,14+/m0/s1. The first-order chi connectivity index (χ1) is 12.7. The first kappa shape index (κ1) is 15.9. The van der Waals surface area contributed by atoms with E-state index in [-0.39, 0.29) is 23.7 Å². The summed E-state index contributed by atoms with van der Waals surface area (Å²) in [6, 6.07) is 12.2. The Hall–Kier alpha value is -3.55. The van der Waals surface area contributed by atoms with Gasteiger partial charge in [0.25, 0.3) is 5.91 Å². The number of carbonyl (C=O) groups is 2. The number of benzene rings is 1. The number of anilines is 2. The number of nitrogens with zero attached hydrogens (tertiary/aromatic N) is 3. The summed E-state index contributed by atoms with van der Waals surface area (Å²) in [6.07, 6.45) is 3.71. The molecule has 8 nitrogen and oxygen atoms in total. The predicted molar refractivity (Wildman–Crippen MR) is 94.5 cm³/mol. The topological polar surface area (TPSA) is 113 Å². The highest BCUT2D eigenvalue weighted by atomic mass is 16.2. The van der Waals surface area contributed by atoms with E-state index in [1.807, 2.05) is 6.07 Å². The smallest absolute Gasteiger partial charge is 0.256 e. The second-order valence-corrected chi connectivity index (χ2v) is 6.06. The largest absolute Gasteiger partial charge is 0.324 e. The number of carbonyl (C=O) groups excluding carboxylic acids is 2. The minimum atomic E-state index is -0.234. The molecule has 8 heteroatoms. The molecule has 0 aliphatic heterocycles. The Balaban J connectivity index is 1.33. The highest BCUT2D eigenvalue weighted by Crippen LogP contribution is 2.46. The maximum Gasteiger partial charge on any atom is 0.256 e. The average Bonchev–Trinajstić information content (AvgIpc) is 3.29. The average molecular weight is 348 g/mol. The number of H-pyrrole nitrogens is 1. The molecule has 2 heterocycles. The van der Waals surface area contributed by atoms with E-state index in [2.05, 4.69) is 30.8 Å². The van der Waals surface area contributed by atoms with Crippen LogP contribution in [0.1, 0.15) is 28.5 Å². The number of pyridine rings is 1. The molecular weight excluding hydrogens is 332 g/mol. The van der Waals surface area contributed by atoms with Crippen molar-refractivity contribution in [2.45, 2.75) is 12.3 Å². The van der Waals surface area contributed by atoms with Crippen molar-refractivity contribution >= 4 is 23.3 Å². The van der Waals surface area contributed by atoms with Crippen LogP contribution < -0.4 is 10.6 Å². The van der Waals surface area contributed by atoms with Gasteiger partial charge in [0.1, 0.15) is 18.0 Å². The van der Waals surface area contributed by atoms with Crippen LogP contribution in [0, 0.1) is 5.92 Å². The molecule has 1 fully saturated rings. The lowest BCUT2D eigenvalue weighted by atomic mass is 10.2. The van der Waals surface area contributed by atoms with E-state index in [1.54, 1.807) is 36.4 Å². The Morgan fingerprint density at radius 3 is 2.58 bits per heavy atom. The summed E-state index contributed by atoms with van der Waals surface area (Å²) in [7, 11) is 0. The fourth-order valence-electron chi connectivity index (χ4n) is 2.74. The van der Waals surface area contributed by atoms with Crippen LogP contribution in [0.15, 0.2) is 55.0 Å². The van der Waals surface area contributed by atoms with Crippen molar-refractivity contribution < 1.29 is 9.59 Å². The SMILES string of the molecule is O=C(Nc1ccc(NC(=O)[C@@H]2C[C@@H]2c2ncn[nH]2)cn1)c1ccccc1. The zero-order valence-electron chi connectivity index (χ0n) is 13.7. The van der Waals surface area contributed by atoms with Crippen LogP contribution in [-0.4, -0.2) is 32.0 Å². The monoisotopic (exact) mass is 348 g/mol. The van der Waals surface area contributed by atoms with Crippen molar-refractivity contribution in [3.8, 4) is 0 Å². The van der Waals surface area contributed by atoms with Crippen molar-refractivity contribution in [2.75, 3.05) is 10.6 Å². The van der Waals surface area contributed by atoms with Gasteiger partial charge >= 0.3 is 0 Å². The lowest BCUT2D eigenvalue weighted by Crippen LogP contribution is -2.16. The van der Waals surface area contributed by atoms with Gasteiger partial charge in [0, 0.05) is 17.4 Å². The first-order valence-corrected chi connectivity index (χ1v) is 8.19. The molecule has 1 aliphatic carbocycles. The van der Waals surface area contributed by atoms with Gasteiger partial charge in [-0.15, -0.1) is 0 Å². The molecule has 130 valence electrons. The Kier molecular flexibility index (Phi) is 4.14. The summed E-state index contributed by atoms with van der Waals surface area (Å²) in [6.45, 7) is 0. The van der Waals surface area contributed by atoms with Crippen molar-refractivity contribution in [3.63, 3.8) is 0 Å². The molecule has 1 aromatic carbocycles. The Bertz CT molecular complexity index is 909. The molecule has 26 heavy (non-hydrogen) atoms. The number of hydrogen-bond acceptors (Lipinski definition) is 5. The molecule has 0 saturated heterocycles. The van der Waals surface area contributed by atoms with Gasteiger partial charge in [-0.1, -0.05) is 18.2 Å². The number of aromatic nitrogens is 4. The van der Waals surface area contributed by atoms with Crippen LogP contribution in [0.25, 0.3) is 0 Å². The van der Waals surface area contributed by atoms with E-state index in [9.17, 15) is 9.59 Å². The third-order valence-corrected chi connectivity index (χ3v) is 4.22. The molecule has 0 radical (unpaired) electrons. The summed E-state index contributed by atoms with van der Waals surface area (Å²) in [4.78, 5) is 32.6. The molecule has 4 rings (SSSR count). The van der Waals surface area contributed by atoms with E-state index in [4.69, 9.17) is 0 Å². The molecule has 1 saturated carbocycles. The van der Waals surface area contributed by atoms with Crippen LogP contribution >= 0.6 is 0 Å². The molecule has 0 spiro atoms. The molecule has 1 aliphatic rings. The maximum atomic E-state index is 12.3. The molecule has 2 atom stereocenters. The molecule has 3 N–H and O–H groups in total. The van der Waals surface area contributed by atoms with E-state index in [0.29, 0.717) is 17.1 Å². The molecule has 2 aromatic heterocycles. The normalized spacial score (nSPS) is 18.2. The second kappa shape index (κ2) is 6.75. The van der Waals surface area contributed by atoms with Crippen LogP contribution in [0.5, 0.6) is 0 Å². The van der Waals surface area contributed by atoms with Gasteiger partial charge in [0.15, 0.2) is 0 Å². The van der Waals surface area contributed by atoms with Gasteiger partial charge in [-0.3, -0.25) is 14.7 Å². The number of amides is 2. The lowest BCUT2D eigenvalue weighted by Gasteiger charge is -2.07. The van der Waals surface area contributed by atoms with Crippen LogP contribution in [0.3, 0.4) is 0 Å². The van der Waals surface area contributed by atoms with Crippen LogP contribution in [0.2, 0.25) is 0 Å². The minimum Gasteiger partial charge on any atom is -0.324 e. The fourth-order valence-corrected chi connectivity index (χ4v) is 2.74. The van der Waals surface area contributed by atoms with Crippen molar-refractivity contribution in [1.82, 2.24) is 20.2 Å². The highest BCUT2D eigenvalue weighted by molar-refractivity contribution is 6.03. The second-order valence-electron chi connectivity index (χ2n) is 6.06. The summed E-state index contributed by atoms with van der Waals surface area (Å²) in [5, 5.41) is 12.1. The van der Waals surface area contributed by atoms with Crippen molar-refractivity contribution in [3.05, 3.63) is 66.4 Å². The van der Waals surface area contributed by atoms with Gasteiger partial charge in [0.2, 0.25) is 5.91 Å². The summed E-state index contributed by atoms with van der Waals surface area (Å²) < 4.78 is 0. The van der Waals surface area contributed by atoms with Gasteiger partial charge in [-0.2, -0.15) is 5.10 Å². The number of aromatic amines is 1. The Morgan fingerprint density at radius 1 is 1.04 bits per heavy atom. The summed E-state index contributed by atoms with van der Waals surface area (Å²) in [5.41, 5.74) is 1.13. The highest BCUT2D eigenvalue weighted by Gasteiger charge is 2.46. The van der Waals surface area contributed by atoms with Crippen LogP contribution in [-0.2, 0) is 4.79 Å². The van der Waals surface area contributed by atoms with E-state index in [0.717, 1.165) is 12.2 Å². The molecule has 2 amide bonds. The van der Waals surface area contributed by atoms with Crippen molar-refractivity contribution in [1.29, 1.82) is 0 Å². The summed E-state index contributed by atoms with van der Waals surface area (Å²) in [5.74, 6) is 0.831. The number of hydrogen-bond donors (Lipinski definition) is 3.